The van der Waals surface area contributed by atoms with Gasteiger partial charge in [0.2, 0.25) is 5.82 Å². The van der Waals surface area contributed by atoms with Gasteiger partial charge in [0, 0.05) is 18.0 Å². The molecule has 3 aromatic rings. The van der Waals surface area contributed by atoms with Crippen LogP contribution in [0.4, 0.5) is 0 Å². The number of rotatable bonds is 4. The zero-order chi connectivity index (χ0) is 16.0. The van der Waals surface area contributed by atoms with Crippen LogP contribution in [0.5, 0.6) is 0 Å². The number of H-pyrrole nitrogens is 1. The highest BCUT2D eigenvalue weighted by atomic mass is 31.2. The van der Waals surface area contributed by atoms with E-state index < -0.39 is 12.9 Å². The highest BCUT2D eigenvalue weighted by molar-refractivity contribution is 7.52. The summed E-state index contributed by atoms with van der Waals surface area (Å²) in [6.45, 7) is 1.50. The maximum absolute atomic E-state index is 11.6. The van der Waals surface area contributed by atoms with Crippen LogP contribution in [0.1, 0.15) is 18.9 Å². The van der Waals surface area contributed by atoms with Crippen LogP contribution in [0.3, 0.4) is 0 Å². The molecule has 11 heteroatoms. The predicted octanol–water partition coefficient (Wildman–Crippen LogP) is 0.247. The van der Waals surface area contributed by atoms with E-state index in [0.717, 1.165) is 0 Å². The van der Waals surface area contributed by atoms with Crippen molar-refractivity contribution in [2.45, 2.75) is 18.7 Å². The molecular weight excluding hydrogens is 311 g/mol. The quantitative estimate of drug-likeness (QED) is 0.499. The van der Waals surface area contributed by atoms with E-state index in [1.807, 2.05) is 0 Å². The van der Waals surface area contributed by atoms with E-state index in [1.165, 1.54) is 23.6 Å². The summed E-state index contributed by atoms with van der Waals surface area (Å²) in [5, 5.41) is 21.5. The summed E-state index contributed by atoms with van der Waals surface area (Å²) in [5.74, 6) is 0.297. The third-order valence-corrected chi connectivity index (χ3v) is 5.00. The van der Waals surface area contributed by atoms with Gasteiger partial charge in [-0.3, -0.25) is 4.57 Å². The van der Waals surface area contributed by atoms with Crippen LogP contribution < -0.4 is 0 Å². The van der Waals surface area contributed by atoms with Crippen LogP contribution in [0, 0.1) is 0 Å². The maximum atomic E-state index is 11.6. The van der Waals surface area contributed by atoms with Gasteiger partial charge >= 0.3 is 7.60 Å². The van der Waals surface area contributed by atoms with E-state index in [4.69, 9.17) is 0 Å². The smallest absolute Gasteiger partial charge is 0.361 e. The van der Waals surface area contributed by atoms with Crippen LogP contribution in [0.15, 0.2) is 24.5 Å². The minimum absolute atomic E-state index is 0.105. The fourth-order valence-electron chi connectivity index (χ4n) is 2.18. The first-order valence-electron chi connectivity index (χ1n) is 6.36. The molecule has 3 heterocycles. The zero-order valence-electron chi connectivity index (χ0n) is 11.4. The van der Waals surface area contributed by atoms with Crippen LogP contribution >= 0.6 is 7.60 Å². The van der Waals surface area contributed by atoms with E-state index in [-0.39, 0.29) is 12.0 Å². The number of nitrogens with one attached hydrogen (secondary N) is 1. The van der Waals surface area contributed by atoms with Crippen molar-refractivity contribution >= 4 is 13.2 Å². The topological polar surface area (TPSA) is 150 Å². The number of aromatic nitrogens is 6. The maximum Gasteiger partial charge on any atom is 0.361 e. The Bertz CT molecular complexity index is 857. The van der Waals surface area contributed by atoms with Crippen LogP contribution in [-0.2, 0) is 9.91 Å². The molecule has 4 N–H and O–H groups in total. The van der Waals surface area contributed by atoms with Crippen LogP contribution in [0.2, 0.25) is 0 Å². The van der Waals surface area contributed by atoms with Crippen molar-refractivity contribution in [2.75, 3.05) is 0 Å². The number of tetrazole rings is 1. The number of hydrogen-bond acceptors (Lipinski definition) is 6. The summed E-state index contributed by atoms with van der Waals surface area (Å²) >= 11 is 0. The molecule has 0 aliphatic rings. The summed E-state index contributed by atoms with van der Waals surface area (Å²) in [7, 11) is -4.75. The van der Waals surface area contributed by atoms with Gasteiger partial charge in [0.1, 0.15) is 11.3 Å². The Kier molecular flexibility index (Phi) is 3.33. The number of aromatic amines is 1. The van der Waals surface area contributed by atoms with Gasteiger partial charge in [-0.2, -0.15) is 5.21 Å². The SMILES string of the molecule is CCC(O)(c1ccc2nc(-c3nn[nH]n3)cn2c1)P(=O)(O)O. The zero-order valence-corrected chi connectivity index (χ0v) is 12.3. The van der Waals surface area contributed by atoms with E-state index in [0.29, 0.717) is 17.2 Å². The van der Waals surface area contributed by atoms with Gasteiger partial charge in [0.15, 0.2) is 5.34 Å². The van der Waals surface area contributed by atoms with Crippen molar-refractivity contribution in [1.82, 2.24) is 30.0 Å². The number of fused-ring (bicyclic) bond motifs is 1. The highest BCUT2D eigenvalue weighted by Crippen LogP contribution is 2.56. The Hall–Kier alpha value is -2.13. The molecule has 3 rings (SSSR count). The number of nitrogens with zero attached hydrogens (tertiary/aromatic N) is 5. The van der Waals surface area contributed by atoms with Gasteiger partial charge in [-0.25, -0.2) is 4.98 Å². The van der Waals surface area contributed by atoms with Gasteiger partial charge in [0.25, 0.3) is 0 Å². The second-order valence-electron chi connectivity index (χ2n) is 4.76. The van der Waals surface area contributed by atoms with Crippen molar-refractivity contribution in [3.05, 3.63) is 30.1 Å². The molecule has 116 valence electrons. The molecule has 3 aromatic heterocycles. The average Bonchev–Trinajstić information content (AvgIpc) is 3.12. The van der Waals surface area contributed by atoms with Crippen LogP contribution in [-0.4, -0.2) is 44.9 Å². The summed E-state index contributed by atoms with van der Waals surface area (Å²) in [6, 6.07) is 2.99. The minimum Gasteiger partial charge on any atom is -0.373 e. The van der Waals surface area contributed by atoms with Crippen molar-refractivity contribution in [3.8, 4) is 11.5 Å². The lowest BCUT2D eigenvalue weighted by atomic mass is 10.1. The lowest BCUT2D eigenvalue weighted by Gasteiger charge is -2.27. The highest BCUT2D eigenvalue weighted by Gasteiger charge is 2.45. The number of imidazole rings is 1. The molecule has 0 bridgehead atoms. The average molecular weight is 324 g/mol. The Morgan fingerprint density at radius 1 is 1.36 bits per heavy atom. The van der Waals surface area contributed by atoms with Crippen molar-refractivity contribution < 1.29 is 19.5 Å². The Morgan fingerprint density at radius 3 is 2.73 bits per heavy atom. The predicted molar refractivity (Wildman–Crippen MR) is 74.6 cm³/mol. The normalized spacial score (nSPS) is 15.1. The molecule has 10 nitrogen and oxygen atoms in total. The van der Waals surface area contributed by atoms with Crippen LogP contribution in [0.25, 0.3) is 17.2 Å². The Morgan fingerprint density at radius 2 is 2.14 bits per heavy atom. The monoisotopic (exact) mass is 324 g/mol. The van der Waals surface area contributed by atoms with Crippen molar-refractivity contribution in [2.24, 2.45) is 0 Å². The standard InChI is InChI=1S/C11H13N6O4P/c1-2-11(18,22(19,20)21)7-3-4-9-12-8(6-17(9)5-7)10-13-15-16-14-10/h3-6,18H,2H2,1H3,(H2,19,20,21)(H,13,14,15,16). The van der Waals surface area contributed by atoms with E-state index >= 15 is 0 Å². The second kappa shape index (κ2) is 4.96. The molecule has 0 aliphatic carbocycles. The largest absolute Gasteiger partial charge is 0.373 e. The van der Waals surface area contributed by atoms with Gasteiger partial charge in [-0.15, -0.1) is 10.2 Å². The molecule has 0 aromatic carbocycles. The van der Waals surface area contributed by atoms with Gasteiger partial charge < -0.3 is 19.3 Å². The molecule has 0 radical (unpaired) electrons. The lowest BCUT2D eigenvalue weighted by molar-refractivity contribution is 0.0852. The molecule has 0 amide bonds. The number of hydrogen-bond donors (Lipinski definition) is 4. The molecule has 0 saturated heterocycles. The van der Waals surface area contributed by atoms with E-state index in [1.54, 1.807) is 12.3 Å². The Balaban J connectivity index is 2.12. The lowest BCUT2D eigenvalue weighted by Crippen LogP contribution is -2.25. The van der Waals surface area contributed by atoms with Crippen molar-refractivity contribution in [3.63, 3.8) is 0 Å². The molecule has 1 unspecified atom stereocenters. The summed E-state index contributed by atoms with van der Waals surface area (Å²) in [6.07, 6.45) is 2.88. The fourth-order valence-corrected chi connectivity index (χ4v) is 3.07. The fraction of sp³-hybridized carbons (Fsp3) is 0.273. The first-order valence-corrected chi connectivity index (χ1v) is 7.97. The molecular formula is C11H13N6O4P. The molecule has 0 fully saturated rings. The molecule has 0 saturated carbocycles. The molecule has 1 atom stereocenters. The second-order valence-corrected chi connectivity index (χ2v) is 6.59. The first kappa shape index (κ1) is 14.8. The van der Waals surface area contributed by atoms with Crippen molar-refractivity contribution in [1.29, 1.82) is 0 Å². The Labute approximate surface area is 124 Å². The first-order chi connectivity index (χ1) is 10.3. The number of pyridine rings is 1. The minimum atomic E-state index is -4.75. The summed E-state index contributed by atoms with van der Waals surface area (Å²) in [4.78, 5) is 23.1. The molecule has 22 heavy (non-hydrogen) atoms. The molecule has 0 aliphatic heterocycles. The summed E-state index contributed by atoms with van der Waals surface area (Å²) in [5.41, 5.74) is 1.07. The van der Waals surface area contributed by atoms with E-state index in [2.05, 4.69) is 25.6 Å². The molecule has 0 spiro atoms. The van der Waals surface area contributed by atoms with Gasteiger partial charge in [-0.1, -0.05) is 13.0 Å². The third-order valence-electron chi connectivity index (χ3n) is 3.46. The third kappa shape index (κ3) is 2.22. The van der Waals surface area contributed by atoms with E-state index in [9.17, 15) is 19.5 Å². The van der Waals surface area contributed by atoms with Gasteiger partial charge in [-0.05, 0) is 17.7 Å². The summed E-state index contributed by atoms with van der Waals surface area (Å²) < 4.78 is 13.1. The number of aliphatic hydroxyl groups is 1. The van der Waals surface area contributed by atoms with Gasteiger partial charge in [0.05, 0.1) is 0 Å².